The van der Waals surface area contributed by atoms with Crippen LogP contribution in [0.2, 0.25) is 0 Å². The zero-order chi connectivity index (χ0) is 8.81. The van der Waals surface area contributed by atoms with Gasteiger partial charge in [0, 0.05) is 31.5 Å². The van der Waals surface area contributed by atoms with Gasteiger partial charge in [-0.05, 0) is 18.6 Å². The zero-order valence-electron chi connectivity index (χ0n) is 7.33. The lowest BCUT2D eigenvalue weighted by atomic mass is 10.2. The highest BCUT2D eigenvalue weighted by atomic mass is 14.9. The van der Waals surface area contributed by atoms with Crippen molar-refractivity contribution < 1.29 is 0 Å². The fourth-order valence-electron chi connectivity index (χ4n) is 0.878. The van der Waals surface area contributed by atoms with E-state index in [2.05, 4.69) is 17.2 Å². The predicted octanol–water partition coefficient (Wildman–Crippen LogP) is 0.518. The Labute approximate surface area is 73.0 Å². The topological polar surface area (TPSA) is 50.9 Å². The molecule has 3 N–H and O–H groups in total. The number of hydrogen-bond acceptors (Lipinski definition) is 3. The third kappa shape index (κ3) is 2.98. The van der Waals surface area contributed by atoms with Crippen molar-refractivity contribution in [2.75, 3.05) is 6.54 Å². The van der Waals surface area contributed by atoms with Crippen molar-refractivity contribution in [2.45, 2.75) is 19.5 Å². The van der Waals surface area contributed by atoms with E-state index in [1.54, 1.807) is 6.20 Å². The van der Waals surface area contributed by atoms with Crippen molar-refractivity contribution in [3.8, 4) is 0 Å². The van der Waals surface area contributed by atoms with Crippen LogP contribution in [-0.2, 0) is 6.54 Å². The zero-order valence-corrected chi connectivity index (χ0v) is 7.33. The van der Waals surface area contributed by atoms with E-state index in [9.17, 15) is 0 Å². The highest BCUT2D eigenvalue weighted by Crippen LogP contribution is 1.94. The van der Waals surface area contributed by atoms with Crippen molar-refractivity contribution in [3.05, 3.63) is 30.1 Å². The van der Waals surface area contributed by atoms with Crippen LogP contribution in [0.3, 0.4) is 0 Å². The summed E-state index contributed by atoms with van der Waals surface area (Å²) in [6, 6.07) is 4.35. The highest BCUT2D eigenvalue weighted by molar-refractivity contribution is 5.07. The van der Waals surface area contributed by atoms with Crippen molar-refractivity contribution in [3.63, 3.8) is 0 Å². The fraction of sp³-hybridized carbons (Fsp3) is 0.444. The van der Waals surface area contributed by atoms with Crippen LogP contribution in [0.1, 0.15) is 12.5 Å². The number of hydrogen-bond donors (Lipinski definition) is 2. The Morgan fingerprint density at radius 2 is 2.50 bits per heavy atom. The molecule has 66 valence electrons. The first-order valence-corrected chi connectivity index (χ1v) is 4.15. The number of rotatable bonds is 4. The molecule has 0 radical (unpaired) electrons. The molecule has 0 bridgehead atoms. The van der Waals surface area contributed by atoms with E-state index in [4.69, 9.17) is 5.73 Å². The fourth-order valence-corrected chi connectivity index (χ4v) is 0.878. The van der Waals surface area contributed by atoms with Crippen molar-refractivity contribution in [1.29, 1.82) is 0 Å². The second-order valence-corrected chi connectivity index (χ2v) is 2.88. The van der Waals surface area contributed by atoms with Crippen LogP contribution in [0.5, 0.6) is 0 Å². The lowest BCUT2D eigenvalue weighted by Crippen LogP contribution is -2.32. The minimum absolute atomic E-state index is 0.366. The lowest BCUT2D eigenvalue weighted by molar-refractivity contribution is 0.556. The molecular formula is C9H15N3. The molecule has 0 fully saturated rings. The summed E-state index contributed by atoms with van der Waals surface area (Å²) in [5.41, 5.74) is 6.65. The Bertz CT molecular complexity index is 210. The molecule has 0 aliphatic heterocycles. The van der Waals surface area contributed by atoms with Crippen LogP contribution in [-0.4, -0.2) is 17.6 Å². The Hall–Kier alpha value is -0.930. The van der Waals surface area contributed by atoms with Gasteiger partial charge in [-0.2, -0.15) is 0 Å². The SMILES string of the molecule is CC(CN)NCc1cccnc1. The average molecular weight is 165 g/mol. The van der Waals surface area contributed by atoms with Gasteiger partial charge >= 0.3 is 0 Å². The first kappa shape index (κ1) is 9.16. The molecule has 0 amide bonds. The molecule has 0 spiro atoms. The Morgan fingerprint density at radius 1 is 1.67 bits per heavy atom. The Morgan fingerprint density at radius 3 is 3.08 bits per heavy atom. The van der Waals surface area contributed by atoms with Crippen LogP contribution >= 0.6 is 0 Å². The maximum absolute atomic E-state index is 5.46. The van der Waals surface area contributed by atoms with E-state index < -0.39 is 0 Å². The van der Waals surface area contributed by atoms with Gasteiger partial charge in [0.1, 0.15) is 0 Å². The van der Waals surface area contributed by atoms with Gasteiger partial charge in [0.05, 0.1) is 0 Å². The third-order valence-corrected chi connectivity index (χ3v) is 1.73. The van der Waals surface area contributed by atoms with Gasteiger partial charge in [-0.25, -0.2) is 0 Å². The van der Waals surface area contributed by atoms with Crippen LogP contribution in [0.15, 0.2) is 24.5 Å². The second kappa shape index (κ2) is 4.85. The minimum Gasteiger partial charge on any atom is -0.329 e. The molecule has 1 aromatic heterocycles. The quantitative estimate of drug-likeness (QED) is 0.683. The van der Waals surface area contributed by atoms with Crippen LogP contribution in [0.25, 0.3) is 0 Å². The summed E-state index contributed by atoms with van der Waals surface area (Å²) < 4.78 is 0. The monoisotopic (exact) mass is 165 g/mol. The molecule has 12 heavy (non-hydrogen) atoms. The van der Waals surface area contributed by atoms with Crippen LogP contribution < -0.4 is 11.1 Å². The molecule has 0 saturated heterocycles. The summed E-state index contributed by atoms with van der Waals surface area (Å²) >= 11 is 0. The lowest BCUT2D eigenvalue weighted by Gasteiger charge is -2.10. The molecule has 0 aromatic carbocycles. The highest BCUT2D eigenvalue weighted by Gasteiger charge is 1.96. The van der Waals surface area contributed by atoms with E-state index in [0.717, 1.165) is 6.54 Å². The van der Waals surface area contributed by atoms with E-state index in [0.29, 0.717) is 12.6 Å². The maximum atomic E-state index is 5.46. The predicted molar refractivity (Wildman–Crippen MR) is 49.6 cm³/mol. The number of nitrogens with one attached hydrogen (secondary N) is 1. The summed E-state index contributed by atoms with van der Waals surface area (Å²) in [7, 11) is 0. The smallest absolute Gasteiger partial charge is 0.0312 e. The number of nitrogens with two attached hydrogens (primary N) is 1. The van der Waals surface area contributed by atoms with Gasteiger partial charge in [-0.3, -0.25) is 4.98 Å². The molecule has 1 heterocycles. The largest absolute Gasteiger partial charge is 0.329 e. The molecule has 0 saturated carbocycles. The molecule has 3 heteroatoms. The van der Waals surface area contributed by atoms with Gasteiger partial charge in [0.15, 0.2) is 0 Å². The molecule has 0 aliphatic rings. The molecular weight excluding hydrogens is 150 g/mol. The minimum atomic E-state index is 0.366. The van der Waals surface area contributed by atoms with Gasteiger partial charge in [0.2, 0.25) is 0 Å². The number of aromatic nitrogens is 1. The van der Waals surface area contributed by atoms with E-state index in [1.165, 1.54) is 5.56 Å². The number of pyridine rings is 1. The standard InChI is InChI=1S/C9H15N3/c1-8(5-10)12-7-9-3-2-4-11-6-9/h2-4,6,8,12H,5,7,10H2,1H3. The molecule has 1 rings (SSSR count). The average Bonchev–Trinajstić information content (AvgIpc) is 2.16. The van der Waals surface area contributed by atoms with Gasteiger partial charge in [0.25, 0.3) is 0 Å². The first-order valence-electron chi connectivity index (χ1n) is 4.15. The Kier molecular flexibility index (Phi) is 3.70. The Balaban J connectivity index is 2.33. The molecule has 1 unspecified atom stereocenters. The van der Waals surface area contributed by atoms with Crippen molar-refractivity contribution in [1.82, 2.24) is 10.3 Å². The van der Waals surface area contributed by atoms with Crippen LogP contribution in [0, 0.1) is 0 Å². The molecule has 3 nitrogen and oxygen atoms in total. The summed E-state index contributed by atoms with van der Waals surface area (Å²) in [5.74, 6) is 0. The van der Waals surface area contributed by atoms with Crippen molar-refractivity contribution in [2.24, 2.45) is 5.73 Å². The summed E-state index contributed by atoms with van der Waals surface area (Å²) in [4.78, 5) is 4.02. The summed E-state index contributed by atoms with van der Waals surface area (Å²) in [6.07, 6.45) is 3.63. The van der Waals surface area contributed by atoms with E-state index in [-0.39, 0.29) is 0 Å². The normalized spacial score (nSPS) is 12.8. The van der Waals surface area contributed by atoms with Gasteiger partial charge < -0.3 is 11.1 Å². The summed E-state index contributed by atoms with van der Waals surface area (Å²) in [6.45, 7) is 3.57. The molecule has 1 atom stereocenters. The van der Waals surface area contributed by atoms with E-state index >= 15 is 0 Å². The van der Waals surface area contributed by atoms with Gasteiger partial charge in [-0.15, -0.1) is 0 Å². The van der Waals surface area contributed by atoms with Crippen molar-refractivity contribution >= 4 is 0 Å². The van der Waals surface area contributed by atoms with Gasteiger partial charge in [-0.1, -0.05) is 6.07 Å². The van der Waals surface area contributed by atoms with E-state index in [1.807, 2.05) is 18.3 Å². The van der Waals surface area contributed by atoms with Crippen LogP contribution in [0.4, 0.5) is 0 Å². The maximum Gasteiger partial charge on any atom is 0.0312 e. The second-order valence-electron chi connectivity index (χ2n) is 2.88. The third-order valence-electron chi connectivity index (χ3n) is 1.73. The molecule has 0 aliphatic carbocycles. The number of nitrogens with zero attached hydrogens (tertiary/aromatic N) is 1. The first-order chi connectivity index (χ1) is 5.83. The summed E-state index contributed by atoms with van der Waals surface area (Å²) in [5, 5.41) is 3.28. The molecule has 1 aromatic rings.